The third-order valence-corrected chi connectivity index (χ3v) is 4.97. The summed E-state index contributed by atoms with van der Waals surface area (Å²) in [5.41, 5.74) is 3.05. The van der Waals surface area contributed by atoms with Crippen molar-refractivity contribution >= 4 is 17.5 Å². The number of nitrogens with one attached hydrogen (secondary N) is 1. The van der Waals surface area contributed by atoms with Gasteiger partial charge in [-0.2, -0.15) is 0 Å². The summed E-state index contributed by atoms with van der Waals surface area (Å²) >= 11 is 0. The number of carbonyl (C=O) groups excluding carboxylic acids is 2. The Morgan fingerprint density at radius 3 is 2.33 bits per heavy atom. The van der Waals surface area contributed by atoms with Crippen molar-refractivity contribution in [3.8, 4) is 11.1 Å². The fourth-order valence-corrected chi connectivity index (χ4v) is 3.40. The van der Waals surface area contributed by atoms with E-state index in [0.29, 0.717) is 11.3 Å². The second-order valence-corrected chi connectivity index (χ2v) is 7.01. The van der Waals surface area contributed by atoms with Crippen molar-refractivity contribution < 1.29 is 24.6 Å². The Kier molecular flexibility index (Phi) is 7.16. The van der Waals surface area contributed by atoms with E-state index in [1.165, 1.54) is 12.0 Å². The zero-order chi connectivity index (χ0) is 21.5. The van der Waals surface area contributed by atoms with Crippen LogP contribution in [0.1, 0.15) is 16.8 Å². The lowest BCUT2D eigenvalue weighted by Gasteiger charge is -2.25. The molecule has 2 aromatic carbocycles. The van der Waals surface area contributed by atoms with Crippen molar-refractivity contribution in [3.63, 3.8) is 0 Å². The van der Waals surface area contributed by atoms with Crippen molar-refractivity contribution in [2.45, 2.75) is 18.5 Å². The van der Waals surface area contributed by atoms with E-state index in [2.05, 4.69) is 10.5 Å². The van der Waals surface area contributed by atoms with Crippen LogP contribution >= 0.6 is 0 Å². The SMILES string of the molecule is CO/N=C1/C[C@@H](C(=O)NC(CO)CO)N(C(=O)c2ccc(-c3ccccc3)cc2)C1. The number of benzene rings is 2. The van der Waals surface area contributed by atoms with Crippen molar-refractivity contribution in [1.29, 1.82) is 0 Å². The number of likely N-dealkylation sites (tertiary alicyclic amines) is 1. The lowest BCUT2D eigenvalue weighted by molar-refractivity contribution is -0.126. The molecule has 2 amide bonds. The summed E-state index contributed by atoms with van der Waals surface area (Å²) in [5.74, 6) is -0.765. The van der Waals surface area contributed by atoms with Crippen LogP contribution in [0.2, 0.25) is 0 Å². The second-order valence-electron chi connectivity index (χ2n) is 7.01. The zero-order valence-electron chi connectivity index (χ0n) is 16.7. The normalized spacial score (nSPS) is 17.4. The fraction of sp³-hybridized carbons (Fsp3) is 0.318. The number of aliphatic hydroxyl groups is 2. The molecule has 1 atom stereocenters. The van der Waals surface area contributed by atoms with E-state index in [-0.39, 0.29) is 18.9 Å². The average Bonchev–Trinajstić information content (AvgIpc) is 3.22. The Balaban J connectivity index is 1.80. The molecule has 0 saturated carbocycles. The van der Waals surface area contributed by atoms with E-state index >= 15 is 0 Å². The van der Waals surface area contributed by atoms with E-state index in [4.69, 9.17) is 4.84 Å². The molecule has 3 rings (SSSR count). The molecule has 1 fully saturated rings. The molecule has 0 aromatic heterocycles. The van der Waals surface area contributed by atoms with Crippen molar-refractivity contribution in [1.82, 2.24) is 10.2 Å². The van der Waals surface area contributed by atoms with Crippen LogP contribution in [-0.4, -0.2) is 71.6 Å². The molecule has 3 N–H and O–H groups in total. The van der Waals surface area contributed by atoms with E-state index in [1.807, 2.05) is 42.5 Å². The number of oxime groups is 1. The highest BCUT2D eigenvalue weighted by Crippen LogP contribution is 2.23. The molecule has 8 nitrogen and oxygen atoms in total. The minimum atomic E-state index is -0.805. The molecular formula is C22H25N3O5. The highest BCUT2D eigenvalue weighted by Gasteiger charge is 2.39. The predicted octanol–water partition coefficient (Wildman–Crippen LogP) is 1.04. The molecule has 1 heterocycles. The maximum absolute atomic E-state index is 13.1. The van der Waals surface area contributed by atoms with Gasteiger partial charge in [-0.15, -0.1) is 0 Å². The summed E-state index contributed by atoms with van der Waals surface area (Å²) in [6.07, 6.45) is 0.219. The monoisotopic (exact) mass is 411 g/mol. The first-order chi connectivity index (χ1) is 14.6. The molecule has 1 aliphatic rings. The van der Waals surface area contributed by atoms with Gasteiger partial charge in [0.05, 0.1) is 31.5 Å². The third kappa shape index (κ3) is 4.84. The van der Waals surface area contributed by atoms with Crippen LogP contribution in [0.15, 0.2) is 59.8 Å². The standard InChI is InChI=1S/C22H25N3O5/c1-30-24-18-11-20(21(28)23-19(13-26)14-27)25(12-18)22(29)17-9-7-16(8-10-17)15-5-3-2-4-6-15/h2-10,19-20,26-27H,11-14H2,1H3,(H,23,28)/b24-18-/t20-/m0/s1. The molecule has 158 valence electrons. The number of rotatable bonds is 7. The highest BCUT2D eigenvalue weighted by atomic mass is 16.6. The van der Waals surface area contributed by atoms with Crippen LogP contribution in [0.25, 0.3) is 11.1 Å². The Hall–Kier alpha value is -3.23. The Morgan fingerprint density at radius 1 is 1.10 bits per heavy atom. The fourth-order valence-electron chi connectivity index (χ4n) is 3.40. The van der Waals surface area contributed by atoms with E-state index < -0.39 is 31.2 Å². The summed E-state index contributed by atoms with van der Waals surface area (Å²) in [6.45, 7) is -0.639. The average molecular weight is 411 g/mol. The minimum absolute atomic E-state index is 0.161. The van der Waals surface area contributed by atoms with Gasteiger partial charge < -0.3 is 25.3 Å². The van der Waals surface area contributed by atoms with Gasteiger partial charge in [-0.3, -0.25) is 9.59 Å². The lowest BCUT2D eigenvalue weighted by atomic mass is 10.0. The molecule has 8 heteroatoms. The van der Waals surface area contributed by atoms with Gasteiger partial charge >= 0.3 is 0 Å². The quantitative estimate of drug-likeness (QED) is 0.590. The van der Waals surface area contributed by atoms with Gasteiger partial charge in [-0.05, 0) is 23.3 Å². The molecule has 2 aromatic rings. The molecule has 0 bridgehead atoms. The van der Waals surface area contributed by atoms with Crippen molar-refractivity contribution in [3.05, 3.63) is 60.2 Å². The number of amides is 2. The molecule has 1 aliphatic heterocycles. The van der Waals surface area contributed by atoms with Crippen LogP contribution < -0.4 is 5.32 Å². The number of hydrogen-bond acceptors (Lipinski definition) is 6. The minimum Gasteiger partial charge on any atom is -0.399 e. The van der Waals surface area contributed by atoms with E-state index in [9.17, 15) is 19.8 Å². The molecule has 1 saturated heterocycles. The van der Waals surface area contributed by atoms with Crippen LogP contribution in [0.3, 0.4) is 0 Å². The molecule has 0 unspecified atom stereocenters. The maximum atomic E-state index is 13.1. The molecule has 0 radical (unpaired) electrons. The topological polar surface area (TPSA) is 111 Å². The van der Waals surface area contributed by atoms with Gasteiger partial charge in [0, 0.05) is 12.0 Å². The van der Waals surface area contributed by atoms with Crippen LogP contribution in [0, 0.1) is 0 Å². The molecule has 0 aliphatic carbocycles. The maximum Gasteiger partial charge on any atom is 0.254 e. The summed E-state index contributed by atoms with van der Waals surface area (Å²) < 4.78 is 0. The lowest BCUT2D eigenvalue weighted by Crippen LogP contribution is -2.50. The Morgan fingerprint density at radius 2 is 1.73 bits per heavy atom. The summed E-state index contributed by atoms with van der Waals surface area (Å²) in [7, 11) is 1.41. The largest absolute Gasteiger partial charge is 0.399 e. The smallest absolute Gasteiger partial charge is 0.254 e. The number of hydrogen-bond donors (Lipinski definition) is 3. The van der Waals surface area contributed by atoms with E-state index in [0.717, 1.165) is 11.1 Å². The Bertz CT molecular complexity index is 895. The third-order valence-electron chi connectivity index (χ3n) is 4.97. The van der Waals surface area contributed by atoms with Gasteiger partial charge in [0.25, 0.3) is 5.91 Å². The first-order valence-electron chi connectivity index (χ1n) is 9.64. The van der Waals surface area contributed by atoms with Crippen LogP contribution in [-0.2, 0) is 9.63 Å². The molecule has 0 spiro atoms. The first-order valence-corrected chi connectivity index (χ1v) is 9.64. The first kappa shape index (κ1) is 21.5. The van der Waals surface area contributed by atoms with Crippen LogP contribution in [0.5, 0.6) is 0 Å². The zero-order valence-corrected chi connectivity index (χ0v) is 16.7. The van der Waals surface area contributed by atoms with Gasteiger partial charge in [-0.25, -0.2) is 0 Å². The second kappa shape index (κ2) is 10.00. The molecular weight excluding hydrogens is 386 g/mol. The summed E-state index contributed by atoms with van der Waals surface area (Å²) in [6, 6.07) is 15.4. The van der Waals surface area contributed by atoms with Gasteiger partial charge in [0.2, 0.25) is 5.91 Å². The van der Waals surface area contributed by atoms with Crippen molar-refractivity contribution in [2.24, 2.45) is 5.16 Å². The predicted molar refractivity (Wildman–Crippen MR) is 112 cm³/mol. The number of nitrogens with zero attached hydrogens (tertiary/aromatic N) is 2. The van der Waals surface area contributed by atoms with Crippen molar-refractivity contribution in [2.75, 3.05) is 26.9 Å². The summed E-state index contributed by atoms with van der Waals surface area (Å²) in [4.78, 5) is 32.1. The van der Waals surface area contributed by atoms with Gasteiger partial charge in [0.15, 0.2) is 0 Å². The van der Waals surface area contributed by atoms with Crippen LogP contribution in [0.4, 0.5) is 0 Å². The van der Waals surface area contributed by atoms with Gasteiger partial charge in [-0.1, -0.05) is 47.6 Å². The highest BCUT2D eigenvalue weighted by molar-refractivity contribution is 6.05. The van der Waals surface area contributed by atoms with E-state index in [1.54, 1.807) is 12.1 Å². The Labute approximate surface area is 174 Å². The van der Waals surface area contributed by atoms with Gasteiger partial charge in [0.1, 0.15) is 13.2 Å². The number of carbonyl (C=O) groups is 2. The molecule has 30 heavy (non-hydrogen) atoms. The summed E-state index contributed by atoms with van der Waals surface area (Å²) in [5, 5.41) is 24.9. The number of aliphatic hydroxyl groups excluding tert-OH is 2.